The van der Waals surface area contributed by atoms with Gasteiger partial charge in [-0.15, -0.1) is 0 Å². The van der Waals surface area contributed by atoms with E-state index in [1.54, 1.807) is 0 Å². The Hall–Kier alpha value is -1.80. The van der Waals surface area contributed by atoms with E-state index in [4.69, 9.17) is 16.3 Å². The maximum absolute atomic E-state index is 10.6. The zero-order chi connectivity index (χ0) is 12.1. The van der Waals surface area contributed by atoms with Crippen LogP contribution in [0.5, 0.6) is 0 Å². The molecule has 0 atom stereocenters. The molecular formula is C14H11ClO2. The SMILES string of the molecule is O=C(Cl)OCc1ccccc1-c1ccccc1. The second-order valence-corrected chi connectivity index (χ2v) is 3.86. The van der Waals surface area contributed by atoms with Crippen LogP contribution in [0, 0.1) is 0 Å². The van der Waals surface area contributed by atoms with Gasteiger partial charge in [0, 0.05) is 11.6 Å². The van der Waals surface area contributed by atoms with Gasteiger partial charge in [-0.25, -0.2) is 4.79 Å². The van der Waals surface area contributed by atoms with Crippen molar-refractivity contribution < 1.29 is 9.53 Å². The van der Waals surface area contributed by atoms with Gasteiger partial charge in [0.2, 0.25) is 0 Å². The van der Waals surface area contributed by atoms with Crippen molar-refractivity contribution in [3.63, 3.8) is 0 Å². The second-order valence-electron chi connectivity index (χ2n) is 3.55. The van der Waals surface area contributed by atoms with Gasteiger partial charge in [-0.2, -0.15) is 0 Å². The molecule has 0 aliphatic rings. The average Bonchev–Trinajstić information content (AvgIpc) is 2.38. The minimum Gasteiger partial charge on any atom is -0.449 e. The standard InChI is InChI=1S/C14H11ClO2/c15-14(16)17-10-12-8-4-5-9-13(12)11-6-2-1-3-7-11/h1-9H,10H2. The van der Waals surface area contributed by atoms with E-state index in [0.717, 1.165) is 16.7 Å². The Bertz CT molecular complexity index is 509. The van der Waals surface area contributed by atoms with E-state index < -0.39 is 5.43 Å². The summed E-state index contributed by atoms with van der Waals surface area (Å²) in [5, 5.41) is 0. The Morgan fingerprint density at radius 3 is 2.35 bits per heavy atom. The molecule has 0 saturated carbocycles. The number of hydrogen-bond acceptors (Lipinski definition) is 2. The van der Waals surface area contributed by atoms with Gasteiger partial charge < -0.3 is 4.74 Å². The molecule has 0 heterocycles. The van der Waals surface area contributed by atoms with Gasteiger partial charge in [-0.05, 0) is 16.7 Å². The summed E-state index contributed by atoms with van der Waals surface area (Å²) in [6.45, 7) is 0.188. The zero-order valence-electron chi connectivity index (χ0n) is 9.10. The molecule has 2 aromatic rings. The van der Waals surface area contributed by atoms with E-state index in [9.17, 15) is 4.79 Å². The number of carbonyl (C=O) groups excluding carboxylic acids is 1. The van der Waals surface area contributed by atoms with Crippen molar-refractivity contribution in [2.24, 2.45) is 0 Å². The Labute approximate surface area is 105 Å². The lowest BCUT2D eigenvalue weighted by Gasteiger charge is -2.08. The van der Waals surface area contributed by atoms with E-state index in [1.807, 2.05) is 54.6 Å². The summed E-state index contributed by atoms with van der Waals surface area (Å²) in [5.41, 5.74) is 2.29. The molecule has 0 aromatic heterocycles. The van der Waals surface area contributed by atoms with Crippen LogP contribution in [0.2, 0.25) is 0 Å². The third kappa shape index (κ3) is 3.08. The fraction of sp³-hybridized carbons (Fsp3) is 0.0714. The van der Waals surface area contributed by atoms with E-state index >= 15 is 0 Å². The minimum absolute atomic E-state index is 0.188. The molecule has 0 spiro atoms. The first-order valence-electron chi connectivity index (χ1n) is 5.23. The highest BCUT2D eigenvalue weighted by molar-refractivity contribution is 6.61. The zero-order valence-corrected chi connectivity index (χ0v) is 9.85. The average molecular weight is 247 g/mol. The number of benzene rings is 2. The fourth-order valence-electron chi connectivity index (χ4n) is 1.68. The van der Waals surface area contributed by atoms with Crippen molar-refractivity contribution in [1.82, 2.24) is 0 Å². The van der Waals surface area contributed by atoms with Crippen LogP contribution < -0.4 is 0 Å². The summed E-state index contributed by atoms with van der Waals surface area (Å²) in [4.78, 5) is 10.6. The van der Waals surface area contributed by atoms with Crippen LogP contribution in [-0.2, 0) is 11.3 Å². The van der Waals surface area contributed by atoms with Crippen molar-refractivity contribution in [2.45, 2.75) is 6.61 Å². The molecule has 2 nitrogen and oxygen atoms in total. The van der Waals surface area contributed by atoms with Crippen LogP contribution in [0.15, 0.2) is 54.6 Å². The Morgan fingerprint density at radius 1 is 1.00 bits per heavy atom. The molecule has 17 heavy (non-hydrogen) atoms. The molecule has 0 aliphatic carbocycles. The van der Waals surface area contributed by atoms with Crippen LogP contribution in [0.3, 0.4) is 0 Å². The van der Waals surface area contributed by atoms with Crippen LogP contribution >= 0.6 is 11.6 Å². The van der Waals surface area contributed by atoms with E-state index in [0.29, 0.717) is 0 Å². The van der Waals surface area contributed by atoms with Crippen molar-refractivity contribution in [1.29, 1.82) is 0 Å². The van der Waals surface area contributed by atoms with Crippen molar-refractivity contribution in [3.05, 3.63) is 60.2 Å². The van der Waals surface area contributed by atoms with E-state index in [1.165, 1.54) is 0 Å². The molecule has 2 rings (SSSR count). The maximum atomic E-state index is 10.6. The Kier molecular flexibility index (Phi) is 3.78. The number of halogens is 1. The van der Waals surface area contributed by atoms with Gasteiger partial charge in [-0.3, -0.25) is 0 Å². The highest BCUT2D eigenvalue weighted by Crippen LogP contribution is 2.23. The highest BCUT2D eigenvalue weighted by atomic mass is 35.5. The van der Waals surface area contributed by atoms with Crippen molar-refractivity contribution in [3.8, 4) is 11.1 Å². The molecule has 86 valence electrons. The summed E-state index contributed by atoms with van der Waals surface area (Å²) < 4.78 is 4.82. The molecular weight excluding hydrogens is 236 g/mol. The lowest BCUT2D eigenvalue weighted by Crippen LogP contribution is -1.96. The van der Waals surface area contributed by atoms with Gasteiger partial charge in [0.25, 0.3) is 0 Å². The lowest BCUT2D eigenvalue weighted by molar-refractivity contribution is 0.167. The minimum atomic E-state index is -0.784. The van der Waals surface area contributed by atoms with Crippen molar-refractivity contribution >= 4 is 17.0 Å². The third-order valence-corrected chi connectivity index (χ3v) is 2.55. The summed E-state index contributed by atoms with van der Waals surface area (Å²) >= 11 is 5.16. The molecule has 0 bridgehead atoms. The van der Waals surface area contributed by atoms with E-state index in [2.05, 4.69) is 0 Å². The molecule has 0 unspecified atom stereocenters. The number of ether oxygens (including phenoxy) is 1. The number of hydrogen-bond donors (Lipinski definition) is 0. The molecule has 0 amide bonds. The summed E-state index contributed by atoms with van der Waals surface area (Å²) in [6, 6.07) is 17.7. The lowest BCUT2D eigenvalue weighted by atomic mass is 10.0. The van der Waals surface area contributed by atoms with Crippen LogP contribution in [0.1, 0.15) is 5.56 Å². The maximum Gasteiger partial charge on any atom is 0.404 e. The third-order valence-electron chi connectivity index (χ3n) is 2.44. The summed E-state index contributed by atoms with van der Waals surface area (Å²) in [7, 11) is 0. The molecule has 0 radical (unpaired) electrons. The predicted octanol–water partition coefficient (Wildman–Crippen LogP) is 4.23. The molecule has 0 saturated heterocycles. The molecule has 3 heteroatoms. The van der Waals surface area contributed by atoms with E-state index in [-0.39, 0.29) is 6.61 Å². The number of rotatable bonds is 3. The van der Waals surface area contributed by atoms with Gasteiger partial charge in [0.1, 0.15) is 6.61 Å². The predicted molar refractivity (Wildman–Crippen MR) is 67.9 cm³/mol. The van der Waals surface area contributed by atoms with Crippen LogP contribution in [0.4, 0.5) is 4.79 Å². The molecule has 2 aromatic carbocycles. The van der Waals surface area contributed by atoms with Gasteiger partial charge in [0.15, 0.2) is 0 Å². The first kappa shape index (κ1) is 11.7. The molecule has 0 aliphatic heterocycles. The van der Waals surface area contributed by atoms with Gasteiger partial charge in [0.05, 0.1) is 0 Å². The van der Waals surface area contributed by atoms with Gasteiger partial charge in [-0.1, -0.05) is 54.6 Å². The first-order chi connectivity index (χ1) is 8.27. The number of carbonyl (C=O) groups is 1. The molecule has 0 N–H and O–H groups in total. The second kappa shape index (κ2) is 5.51. The largest absolute Gasteiger partial charge is 0.449 e. The normalized spacial score (nSPS) is 9.94. The topological polar surface area (TPSA) is 26.3 Å². The Morgan fingerprint density at radius 2 is 1.65 bits per heavy atom. The van der Waals surface area contributed by atoms with Gasteiger partial charge >= 0.3 is 5.43 Å². The fourth-order valence-corrected chi connectivity index (χ4v) is 1.73. The Balaban J connectivity index is 2.31. The first-order valence-corrected chi connectivity index (χ1v) is 5.61. The highest BCUT2D eigenvalue weighted by Gasteiger charge is 2.05. The van der Waals surface area contributed by atoms with Crippen LogP contribution in [0.25, 0.3) is 11.1 Å². The van der Waals surface area contributed by atoms with Crippen molar-refractivity contribution in [2.75, 3.05) is 0 Å². The molecule has 0 fully saturated rings. The van der Waals surface area contributed by atoms with Crippen LogP contribution in [-0.4, -0.2) is 5.43 Å². The summed E-state index contributed by atoms with van der Waals surface area (Å²) in [5.74, 6) is 0. The quantitative estimate of drug-likeness (QED) is 0.758. The monoisotopic (exact) mass is 246 g/mol. The smallest absolute Gasteiger partial charge is 0.404 e. The summed E-state index contributed by atoms with van der Waals surface area (Å²) in [6.07, 6.45) is 0.